The van der Waals surface area contributed by atoms with Crippen molar-refractivity contribution in [3.63, 3.8) is 0 Å². The Morgan fingerprint density at radius 3 is 2.80 bits per heavy atom. The first kappa shape index (κ1) is 7.86. The first-order valence-electron chi connectivity index (χ1n) is 3.56. The van der Waals surface area contributed by atoms with Crippen molar-refractivity contribution in [2.75, 3.05) is 0 Å². The standard InChI is InChI=1S/C8H13NS/c1-4-8(3)6-9-7(2)5-10-8/h5-6H,4H2,1-3H3. The average molecular weight is 155 g/mol. The number of allylic oxidation sites excluding steroid dienone is 1. The van der Waals surface area contributed by atoms with Crippen molar-refractivity contribution in [2.45, 2.75) is 31.9 Å². The highest BCUT2D eigenvalue weighted by Gasteiger charge is 2.20. The van der Waals surface area contributed by atoms with Gasteiger partial charge < -0.3 is 0 Å². The lowest BCUT2D eigenvalue weighted by atomic mass is 10.1. The predicted molar refractivity (Wildman–Crippen MR) is 48.5 cm³/mol. The molecule has 1 rings (SSSR count). The van der Waals surface area contributed by atoms with Gasteiger partial charge in [0.2, 0.25) is 0 Å². The van der Waals surface area contributed by atoms with E-state index in [0.717, 1.165) is 12.1 Å². The summed E-state index contributed by atoms with van der Waals surface area (Å²) in [5.41, 5.74) is 1.12. The van der Waals surface area contributed by atoms with E-state index in [2.05, 4.69) is 24.2 Å². The Hall–Kier alpha value is -0.240. The summed E-state index contributed by atoms with van der Waals surface area (Å²) in [5, 5.41) is 2.13. The number of thioether (sulfide) groups is 1. The van der Waals surface area contributed by atoms with Gasteiger partial charge in [-0.1, -0.05) is 6.92 Å². The van der Waals surface area contributed by atoms with Crippen molar-refractivity contribution >= 4 is 18.0 Å². The van der Waals surface area contributed by atoms with Crippen LogP contribution >= 0.6 is 11.8 Å². The second-order valence-electron chi connectivity index (χ2n) is 2.80. The molecule has 1 unspecified atom stereocenters. The minimum atomic E-state index is 0.250. The van der Waals surface area contributed by atoms with E-state index >= 15 is 0 Å². The Bertz CT molecular complexity index is 184. The minimum absolute atomic E-state index is 0.250. The van der Waals surface area contributed by atoms with Gasteiger partial charge in [0.25, 0.3) is 0 Å². The summed E-state index contributed by atoms with van der Waals surface area (Å²) >= 11 is 1.86. The zero-order valence-electron chi connectivity index (χ0n) is 6.72. The van der Waals surface area contributed by atoms with Crippen molar-refractivity contribution in [1.29, 1.82) is 0 Å². The zero-order chi connectivity index (χ0) is 7.61. The van der Waals surface area contributed by atoms with Gasteiger partial charge in [-0.05, 0) is 25.7 Å². The fourth-order valence-corrected chi connectivity index (χ4v) is 1.47. The summed E-state index contributed by atoms with van der Waals surface area (Å²) < 4.78 is 0.250. The molecule has 1 heterocycles. The number of aliphatic imine (C=N–C) groups is 1. The topological polar surface area (TPSA) is 12.4 Å². The highest BCUT2D eigenvalue weighted by molar-refractivity contribution is 8.04. The number of rotatable bonds is 1. The van der Waals surface area contributed by atoms with Crippen LogP contribution in [0.5, 0.6) is 0 Å². The molecule has 0 radical (unpaired) electrons. The van der Waals surface area contributed by atoms with E-state index in [-0.39, 0.29) is 4.75 Å². The van der Waals surface area contributed by atoms with E-state index in [1.165, 1.54) is 0 Å². The van der Waals surface area contributed by atoms with E-state index < -0.39 is 0 Å². The van der Waals surface area contributed by atoms with Crippen LogP contribution < -0.4 is 0 Å². The molecule has 0 spiro atoms. The maximum atomic E-state index is 4.27. The molecule has 1 aliphatic rings. The average Bonchev–Trinajstić information content (AvgIpc) is 1.96. The maximum Gasteiger partial charge on any atom is 0.0522 e. The summed E-state index contributed by atoms with van der Waals surface area (Å²) in [7, 11) is 0. The monoisotopic (exact) mass is 155 g/mol. The molecule has 2 heteroatoms. The lowest BCUT2D eigenvalue weighted by Gasteiger charge is -2.23. The summed E-state index contributed by atoms with van der Waals surface area (Å²) in [5.74, 6) is 0. The van der Waals surface area contributed by atoms with Crippen molar-refractivity contribution < 1.29 is 0 Å². The molecule has 0 saturated heterocycles. The molecule has 10 heavy (non-hydrogen) atoms. The second-order valence-corrected chi connectivity index (χ2v) is 4.21. The molecule has 0 aromatic heterocycles. The molecule has 0 bridgehead atoms. The largest absolute Gasteiger partial charge is 0.264 e. The SMILES string of the molecule is CCC1(C)C=NC(C)=CS1. The third-order valence-corrected chi connectivity index (χ3v) is 3.13. The molecule has 1 atom stereocenters. The molecule has 0 aromatic rings. The molecule has 0 amide bonds. The molecule has 0 aromatic carbocycles. The molecule has 0 N–H and O–H groups in total. The van der Waals surface area contributed by atoms with E-state index in [4.69, 9.17) is 0 Å². The van der Waals surface area contributed by atoms with Crippen LogP contribution in [0.15, 0.2) is 16.1 Å². The van der Waals surface area contributed by atoms with Gasteiger partial charge in [-0.25, -0.2) is 0 Å². The molecule has 1 aliphatic heterocycles. The van der Waals surface area contributed by atoms with Gasteiger partial charge in [0.05, 0.1) is 4.75 Å². The van der Waals surface area contributed by atoms with Crippen LogP contribution in [-0.4, -0.2) is 11.0 Å². The summed E-state index contributed by atoms with van der Waals surface area (Å²) in [4.78, 5) is 4.27. The molecule has 0 saturated carbocycles. The van der Waals surface area contributed by atoms with E-state index in [0.29, 0.717) is 0 Å². The van der Waals surface area contributed by atoms with Gasteiger partial charge in [-0.3, -0.25) is 4.99 Å². The van der Waals surface area contributed by atoms with E-state index in [1.54, 1.807) is 0 Å². The fourth-order valence-electron chi connectivity index (χ4n) is 0.694. The number of nitrogens with zero attached hydrogens (tertiary/aromatic N) is 1. The van der Waals surface area contributed by atoms with Crippen molar-refractivity contribution in [1.82, 2.24) is 0 Å². The van der Waals surface area contributed by atoms with Crippen LogP contribution in [0.1, 0.15) is 27.2 Å². The molecule has 0 fully saturated rings. The van der Waals surface area contributed by atoms with Crippen LogP contribution in [0.4, 0.5) is 0 Å². The van der Waals surface area contributed by atoms with Gasteiger partial charge in [-0.15, -0.1) is 11.8 Å². The van der Waals surface area contributed by atoms with Crippen molar-refractivity contribution in [3.05, 3.63) is 11.1 Å². The van der Waals surface area contributed by atoms with Crippen LogP contribution in [-0.2, 0) is 0 Å². The normalized spacial score (nSPS) is 32.1. The van der Waals surface area contributed by atoms with Gasteiger partial charge in [0.15, 0.2) is 0 Å². The van der Waals surface area contributed by atoms with Crippen molar-refractivity contribution in [3.8, 4) is 0 Å². The quantitative estimate of drug-likeness (QED) is 0.567. The molecular weight excluding hydrogens is 142 g/mol. The third-order valence-electron chi connectivity index (χ3n) is 1.74. The maximum absolute atomic E-state index is 4.27. The predicted octanol–water partition coefficient (Wildman–Crippen LogP) is 2.83. The van der Waals surface area contributed by atoms with E-state index in [9.17, 15) is 0 Å². The highest BCUT2D eigenvalue weighted by atomic mass is 32.2. The van der Waals surface area contributed by atoms with Gasteiger partial charge >= 0.3 is 0 Å². The lowest BCUT2D eigenvalue weighted by molar-refractivity contribution is 0.808. The highest BCUT2D eigenvalue weighted by Crippen LogP contribution is 2.31. The van der Waals surface area contributed by atoms with Crippen LogP contribution in [0.2, 0.25) is 0 Å². The first-order valence-corrected chi connectivity index (χ1v) is 4.44. The van der Waals surface area contributed by atoms with Crippen molar-refractivity contribution in [2.24, 2.45) is 4.99 Å². The first-order chi connectivity index (χ1) is 4.66. The smallest absolute Gasteiger partial charge is 0.0522 e. The number of hydrogen-bond donors (Lipinski definition) is 0. The Labute approximate surface area is 66.6 Å². The van der Waals surface area contributed by atoms with Crippen LogP contribution in [0.3, 0.4) is 0 Å². The molecule has 1 nitrogen and oxygen atoms in total. The summed E-state index contributed by atoms with van der Waals surface area (Å²) in [6.07, 6.45) is 3.19. The van der Waals surface area contributed by atoms with Crippen LogP contribution in [0, 0.1) is 0 Å². The minimum Gasteiger partial charge on any atom is -0.264 e. The molecular formula is C8H13NS. The lowest BCUT2D eigenvalue weighted by Crippen LogP contribution is -2.21. The van der Waals surface area contributed by atoms with Gasteiger partial charge in [0, 0.05) is 11.9 Å². The summed E-state index contributed by atoms with van der Waals surface area (Å²) in [6, 6.07) is 0. The fraction of sp³-hybridized carbons (Fsp3) is 0.625. The molecule has 0 aliphatic carbocycles. The molecule has 56 valence electrons. The van der Waals surface area contributed by atoms with Gasteiger partial charge in [-0.2, -0.15) is 0 Å². The second kappa shape index (κ2) is 2.79. The zero-order valence-corrected chi connectivity index (χ0v) is 7.53. The van der Waals surface area contributed by atoms with Gasteiger partial charge in [0.1, 0.15) is 0 Å². The third kappa shape index (κ3) is 1.63. The Morgan fingerprint density at radius 2 is 2.40 bits per heavy atom. The van der Waals surface area contributed by atoms with Crippen LogP contribution in [0.25, 0.3) is 0 Å². The summed E-state index contributed by atoms with van der Waals surface area (Å²) in [6.45, 7) is 6.43. The number of hydrogen-bond acceptors (Lipinski definition) is 2. The Morgan fingerprint density at radius 1 is 1.70 bits per heavy atom. The Balaban J connectivity index is 2.67. The van der Waals surface area contributed by atoms with E-state index in [1.807, 2.05) is 24.9 Å². The Kier molecular flexibility index (Phi) is 2.19.